The summed E-state index contributed by atoms with van der Waals surface area (Å²) >= 11 is 0. The van der Waals surface area contributed by atoms with Crippen molar-refractivity contribution in [3.8, 4) is 0 Å². The molecule has 43 heavy (non-hydrogen) atoms. The van der Waals surface area contributed by atoms with Crippen molar-refractivity contribution < 1.29 is 10.2 Å². The van der Waals surface area contributed by atoms with Crippen LogP contribution >= 0.6 is 0 Å². The molecule has 6 nitrogen and oxygen atoms in total. The fourth-order valence-corrected chi connectivity index (χ4v) is 6.87. The molecule has 5 heterocycles. The molecule has 0 spiro atoms. The Morgan fingerprint density at radius 2 is 1.47 bits per heavy atom. The third-order valence-corrected chi connectivity index (χ3v) is 9.32. The van der Waals surface area contributed by atoms with Gasteiger partial charge in [-0.1, -0.05) is 55.4 Å². The van der Waals surface area contributed by atoms with Gasteiger partial charge in [0.15, 0.2) is 0 Å². The third kappa shape index (κ3) is 4.79. The van der Waals surface area contributed by atoms with Gasteiger partial charge in [-0.15, -0.1) is 11.4 Å². The molecular weight excluding hydrogens is 532 g/mol. The first-order valence-electron chi connectivity index (χ1n) is 15.4. The highest BCUT2D eigenvalue weighted by Crippen LogP contribution is 2.39. The number of hydrogen-bond acceptors (Lipinski definition) is 3. The standard InChI is InChI=1S/C37H41N4O2/c1-7-25-20(3)31-17-29-22(5)27(13-15-42)33(38-29)19-34-28(14-16-43)23(6)30(39-34)18-32-21(4)26(8-2)37(41-32)35(36(25)40-31)24-11-9-10-12-24/h9-12,17-19,38-39,42-43H,7-8,13-16H2,1-6H3/q-1/b29-17-,32-18-,33-19-. The number of rotatable bonds is 6. The van der Waals surface area contributed by atoms with Gasteiger partial charge >= 0.3 is 0 Å². The minimum atomic E-state index is 0.0603. The normalized spacial score (nSPS) is 18.6. The van der Waals surface area contributed by atoms with Crippen LogP contribution in [0, 0.1) is 20.8 Å². The number of allylic oxidation sites excluding steroid dienone is 8. The number of aliphatic imine (C=N–C) groups is 1. The quantitative estimate of drug-likeness (QED) is 0.337. The molecule has 3 aromatic rings. The average molecular weight is 574 g/mol. The Hall–Kier alpha value is -4.13. The molecule has 1 aliphatic carbocycles. The zero-order valence-corrected chi connectivity index (χ0v) is 26.1. The summed E-state index contributed by atoms with van der Waals surface area (Å²) in [5.41, 5.74) is 17.3. The topological polar surface area (TPSA) is 98.5 Å². The first-order valence-corrected chi connectivity index (χ1v) is 15.4. The van der Waals surface area contributed by atoms with Crippen LogP contribution in [-0.4, -0.2) is 39.1 Å². The van der Waals surface area contributed by atoms with E-state index in [9.17, 15) is 10.2 Å². The lowest BCUT2D eigenvalue weighted by Gasteiger charge is -2.20. The van der Waals surface area contributed by atoms with Crippen molar-refractivity contribution in [2.45, 2.75) is 67.2 Å². The van der Waals surface area contributed by atoms with Crippen LogP contribution < -0.4 is 15.7 Å². The van der Waals surface area contributed by atoms with Crippen LogP contribution in [0.2, 0.25) is 0 Å². The van der Waals surface area contributed by atoms with E-state index in [4.69, 9.17) is 9.98 Å². The smallest absolute Gasteiger partial charge is 0.0738 e. The molecule has 6 heteroatoms. The van der Waals surface area contributed by atoms with E-state index in [0.717, 1.165) is 91.1 Å². The van der Waals surface area contributed by atoms with Crippen molar-refractivity contribution in [1.29, 1.82) is 0 Å². The van der Waals surface area contributed by atoms with E-state index in [2.05, 4.69) is 94.0 Å². The number of aromatic nitrogens is 3. The molecule has 0 atom stereocenters. The number of hydrogen-bond donors (Lipinski definition) is 4. The van der Waals surface area contributed by atoms with Crippen LogP contribution in [0.5, 0.6) is 0 Å². The maximum Gasteiger partial charge on any atom is 0.0738 e. The minimum absolute atomic E-state index is 0.0603. The first-order chi connectivity index (χ1) is 20.8. The second-order valence-electron chi connectivity index (χ2n) is 11.6. The first kappa shape index (κ1) is 29.0. The van der Waals surface area contributed by atoms with E-state index in [1.807, 2.05) is 0 Å². The van der Waals surface area contributed by atoms with E-state index in [1.54, 1.807) is 0 Å². The van der Waals surface area contributed by atoms with E-state index >= 15 is 0 Å². The number of nitrogens with one attached hydrogen (secondary N) is 2. The third-order valence-electron chi connectivity index (χ3n) is 9.32. The number of fused-ring (bicyclic) bond motifs is 7. The zero-order valence-electron chi connectivity index (χ0n) is 26.1. The second kappa shape index (κ2) is 11.5. The number of aromatic amines is 2. The van der Waals surface area contributed by atoms with Gasteiger partial charge in [0.1, 0.15) is 0 Å². The predicted molar refractivity (Wildman–Crippen MR) is 177 cm³/mol. The van der Waals surface area contributed by atoms with Gasteiger partial charge in [0.2, 0.25) is 0 Å². The van der Waals surface area contributed by atoms with Crippen LogP contribution in [-0.2, 0) is 19.3 Å². The van der Waals surface area contributed by atoms with E-state index in [-0.39, 0.29) is 13.2 Å². The Bertz CT molecular complexity index is 1930. The van der Waals surface area contributed by atoms with Gasteiger partial charge < -0.3 is 25.2 Å². The molecule has 222 valence electrons. The van der Waals surface area contributed by atoms with Gasteiger partial charge in [-0.05, 0) is 110 Å². The lowest BCUT2D eigenvalue weighted by atomic mass is 9.90. The van der Waals surface area contributed by atoms with Crippen molar-refractivity contribution >= 4 is 29.5 Å². The zero-order chi connectivity index (χ0) is 30.4. The molecule has 3 aromatic heterocycles. The Balaban J connectivity index is 1.77. The fourth-order valence-electron chi connectivity index (χ4n) is 6.87. The maximum absolute atomic E-state index is 9.97. The van der Waals surface area contributed by atoms with E-state index in [0.29, 0.717) is 12.8 Å². The summed E-state index contributed by atoms with van der Waals surface area (Å²) in [5.74, 6) is 0. The van der Waals surface area contributed by atoms with Crippen molar-refractivity contribution in [2.24, 2.45) is 4.99 Å². The van der Waals surface area contributed by atoms with Crippen LogP contribution in [0.25, 0.3) is 23.8 Å². The fraction of sp³-hybridized carbons (Fsp3) is 0.324. The van der Waals surface area contributed by atoms with Crippen molar-refractivity contribution in [1.82, 2.24) is 15.0 Å². The van der Waals surface area contributed by atoms with Gasteiger partial charge in [0, 0.05) is 35.3 Å². The van der Waals surface area contributed by atoms with Gasteiger partial charge in [-0.2, -0.15) is 0 Å². The van der Waals surface area contributed by atoms with Crippen molar-refractivity contribution in [3.63, 3.8) is 0 Å². The number of aliphatic hydroxyl groups excluding tert-OH is 2. The Labute approximate surface area is 253 Å². The monoisotopic (exact) mass is 573 g/mol. The summed E-state index contributed by atoms with van der Waals surface area (Å²) in [5, 5.41) is 21.9. The molecule has 4 N–H and O–H groups in total. The SMILES string of the molecule is CCC1=C(C)/C2=C/c3[nH]c(c(CCO)c3C)/C=c3\[nH]/c(c(C)c3CCO)=C\c3[n-]c(c(CC)c3C)C(=C3C=CC=C3)C1=N2. The van der Waals surface area contributed by atoms with Gasteiger partial charge in [-0.3, -0.25) is 0 Å². The Morgan fingerprint density at radius 1 is 0.744 bits per heavy atom. The molecule has 0 saturated carbocycles. The molecule has 0 unspecified atom stereocenters. The molecule has 0 radical (unpaired) electrons. The molecule has 6 rings (SSSR count). The van der Waals surface area contributed by atoms with Crippen LogP contribution in [0.4, 0.5) is 0 Å². The molecule has 2 aliphatic heterocycles. The average Bonchev–Trinajstić information content (AvgIpc) is 3.79. The summed E-state index contributed by atoms with van der Waals surface area (Å²) in [6, 6.07) is 0. The van der Waals surface area contributed by atoms with Crippen molar-refractivity contribution in [2.75, 3.05) is 13.2 Å². The molecule has 0 amide bonds. The predicted octanol–water partition coefficient (Wildman–Crippen LogP) is 4.93. The number of nitrogens with zero attached hydrogens (tertiary/aromatic N) is 2. The minimum Gasteiger partial charge on any atom is -0.657 e. The van der Waals surface area contributed by atoms with Crippen LogP contribution in [0.15, 0.2) is 51.7 Å². The molecular formula is C37H41N4O2-. The van der Waals surface area contributed by atoms with E-state index in [1.165, 1.54) is 22.3 Å². The van der Waals surface area contributed by atoms with Crippen molar-refractivity contribution in [3.05, 3.63) is 114 Å². The highest BCUT2D eigenvalue weighted by atomic mass is 16.3. The van der Waals surface area contributed by atoms with Crippen LogP contribution in [0.1, 0.15) is 83.3 Å². The summed E-state index contributed by atoms with van der Waals surface area (Å²) < 4.78 is 0. The lowest BCUT2D eigenvalue weighted by Crippen LogP contribution is -2.14. The molecule has 0 saturated heterocycles. The van der Waals surface area contributed by atoms with E-state index < -0.39 is 0 Å². The van der Waals surface area contributed by atoms with Crippen LogP contribution in [0.3, 0.4) is 0 Å². The largest absolute Gasteiger partial charge is 0.657 e. The van der Waals surface area contributed by atoms with Gasteiger partial charge in [0.25, 0.3) is 0 Å². The number of aliphatic hydroxyl groups is 2. The highest BCUT2D eigenvalue weighted by molar-refractivity contribution is 6.35. The summed E-state index contributed by atoms with van der Waals surface area (Å²) in [6.45, 7) is 13.1. The summed E-state index contributed by atoms with van der Waals surface area (Å²) in [7, 11) is 0. The molecule has 0 fully saturated rings. The summed E-state index contributed by atoms with van der Waals surface area (Å²) in [6.07, 6.45) is 17.7. The number of H-pyrrole nitrogens is 2. The molecule has 8 bridgehead atoms. The Morgan fingerprint density at radius 3 is 2.14 bits per heavy atom. The second-order valence-corrected chi connectivity index (χ2v) is 11.6. The van der Waals surface area contributed by atoms with Gasteiger partial charge in [-0.25, -0.2) is 4.99 Å². The Kier molecular flexibility index (Phi) is 7.75. The lowest BCUT2D eigenvalue weighted by molar-refractivity contribution is 0.299. The molecule has 0 aromatic carbocycles. The maximum atomic E-state index is 9.97. The summed E-state index contributed by atoms with van der Waals surface area (Å²) in [4.78, 5) is 18.0. The molecule has 3 aliphatic rings. The highest BCUT2D eigenvalue weighted by Gasteiger charge is 2.26. The van der Waals surface area contributed by atoms with Gasteiger partial charge in [0.05, 0.1) is 11.4 Å².